The van der Waals surface area contributed by atoms with Gasteiger partial charge in [-0.2, -0.15) is 13.1 Å². The van der Waals surface area contributed by atoms with E-state index in [1.54, 1.807) is 48.5 Å². The van der Waals surface area contributed by atoms with Crippen LogP contribution in [0.4, 0.5) is 0 Å². The van der Waals surface area contributed by atoms with Gasteiger partial charge in [0.15, 0.2) is 5.78 Å². The first-order valence-electron chi connectivity index (χ1n) is 6.52. The van der Waals surface area contributed by atoms with Crippen LogP contribution in [0.2, 0.25) is 0 Å². The van der Waals surface area contributed by atoms with Gasteiger partial charge in [0.05, 0.1) is 10.9 Å². The van der Waals surface area contributed by atoms with Crippen LogP contribution < -0.4 is 8.91 Å². The molecule has 114 valence electrons. The summed E-state index contributed by atoms with van der Waals surface area (Å²) in [5, 5.41) is 0. The van der Waals surface area contributed by atoms with E-state index in [2.05, 4.69) is 20.7 Å². The van der Waals surface area contributed by atoms with Gasteiger partial charge in [0.25, 0.3) is 0 Å². The molecule has 0 fully saturated rings. The number of hydrogen-bond acceptors (Lipinski definition) is 4. The van der Waals surface area contributed by atoms with Crippen LogP contribution in [0.5, 0.6) is 5.75 Å². The molecule has 1 aliphatic rings. The molecule has 0 radical (unpaired) electrons. The molecule has 0 aliphatic carbocycles. The summed E-state index contributed by atoms with van der Waals surface area (Å²) >= 11 is 3.33. The predicted molar refractivity (Wildman–Crippen MR) is 85.4 cm³/mol. The fourth-order valence-electron chi connectivity index (χ4n) is 2.30. The molecule has 5 nitrogen and oxygen atoms in total. The van der Waals surface area contributed by atoms with E-state index in [4.69, 9.17) is 4.18 Å². The van der Waals surface area contributed by atoms with Crippen molar-refractivity contribution in [3.05, 3.63) is 65.7 Å². The number of carbonyl (C=O) groups excluding carboxylic acids is 1. The Labute approximate surface area is 136 Å². The van der Waals surface area contributed by atoms with Crippen molar-refractivity contribution in [1.82, 2.24) is 4.72 Å². The molecule has 0 saturated carbocycles. The summed E-state index contributed by atoms with van der Waals surface area (Å²) in [5.74, 6) is 0.0292. The number of nitrogens with one attached hydrogen (secondary N) is 1. The molecule has 1 heterocycles. The number of fused-ring (bicyclic) bond motifs is 1. The third kappa shape index (κ3) is 2.92. The summed E-state index contributed by atoms with van der Waals surface area (Å²) in [6.45, 7) is 0. The minimum atomic E-state index is -3.94. The molecule has 0 spiro atoms. The number of benzene rings is 2. The van der Waals surface area contributed by atoms with E-state index in [0.29, 0.717) is 11.1 Å². The Kier molecular flexibility index (Phi) is 4.03. The van der Waals surface area contributed by atoms with Crippen LogP contribution in [0.3, 0.4) is 0 Å². The Morgan fingerprint density at radius 3 is 2.45 bits per heavy atom. The molecular weight excluding hydrogens is 370 g/mol. The lowest BCUT2D eigenvalue weighted by Crippen LogP contribution is -2.42. The van der Waals surface area contributed by atoms with Gasteiger partial charge in [0, 0.05) is 11.1 Å². The number of ketones is 1. The van der Waals surface area contributed by atoms with Crippen LogP contribution >= 0.6 is 15.9 Å². The third-order valence-corrected chi connectivity index (χ3v) is 5.21. The summed E-state index contributed by atoms with van der Waals surface area (Å²) in [4.78, 5) is 11.8. The van der Waals surface area contributed by atoms with Crippen molar-refractivity contribution in [2.45, 2.75) is 10.9 Å². The molecular formula is C15H12BrNO4S. The first-order chi connectivity index (χ1) is 10.5. The largest absolute Gasteiger partial charge is 0.383 e. The number of carbonyl (C=O) groups is 1. The Hall–Kier alpha value is -1.70. The van der Waals surface area contributed by atoms with E-state index >= 15 is 0 Å². The average Bonchev–Trinajstić information content (AvgIpc) is 2.52. The Bertz CT molecular complexity index is 807. The number of para-hydroxylation sites is 1. The third-order valence-electron chi connectivity index (χ3n) is 3.33. The summed E-state index contributed by atoms with van der Waals surface area (Å²) in [6.07, 6.45) is 0. The average molecular weight is 382 g/mol. The molecule has 2 aromatic carbocycles. The number of Topliss-reactive ketones (excluding diaryl/α,β-unsaturated/α-hetero) is 1. The zero-order valence-corrected chi connectivity index (χ0v) is 13.7. The molecule has 0 unspecified atom stereocenters. The molecule has 0 amide bonds. The van der Waals surface area contributed by atoms with Crippen LogP contribution in [0, 0.1) is 0 Å². The van der Waals surface area contributed by atoms with Crippen LogP contribution in [0.15, 0.2) is 54.6 Å². The molecule has 1 aliphatic heterocycles. The summed E-state index contributed by atoms with van der Waals surface area (Å²) in [5.41, 5.74) is 1.12. The van der Waals surface area contributed by atoms with E-state index in [0.717, 1.165) is 0 Å². The fourth-order valence-corrected chi connectivity index (χ4v) is 4.17. The number of halogens is 1. The van der Waals surface area contributed by atoms with Gasteiger partial charge in [-0.05, 0) is 6.07 Å². The van der Waals surface area contributed by atoms with Crippen molar-refractivity contribution in [2.24, 2.45) is 0 Å². The van der Waals surface area contributed by atoms with Crippen molar-refractivity contribution in [3.63, 3.8) is 0 Å². The quantitative estimate of drug-likeness (QED) is 0.654. The molecule has 3 rings (SSSR count). The first-order valence-corrected chi connectivity index (χ1v) is 8.84. The lowest BCUT2D eigenvalue weighted by Gasteiger charge is -2.28. The van der Waals surface area contributed by atoms with E-state index in [9.17, 15) is 13.2 Å². The highest BCUT2D eigenvalue weighted by molar-refractivity contribution is 9.10. The summed E-state index contributed by atoms with van der Waals surface area (Å²) in [6, 6.07) is 14.7. The molecule has 0 aromatic heterocycles. The fraction of sp³-hybridized carbons (Fsp3) is 0.133. The molecule has 2 atom stereocenters. The van der Waals surface area contributed by atoms with Crippen LogP contribution in [-0.2, 0) is 10.3 Å². The lowest BCUT2D eigenvalue weighted by atomic mass is 9.98. The Morgan fingerprint density at radius 2 is 1.73 bits per heavy atom. The minimum absolute atomic E-state index is 0.204. The monoisotopic (exact) mass is 381 g/mol. The van der Waals surface area contributed by atoms with Gasteiger partial charge < -0.3 is 4.18 Å². The second-order valence-corrected chi connectivity index (χ2v) is 7.10. The van der Waals surface area contributed by atoms with E-state index in [1.165, 1.54) is 0 Å². The zero-order chi connectivity index (χ0) is 15.7. The number of rotatable bonds is 3. The SMILES string of the molecule is O=C(c1ccccc1)[C@@H](Br)[C@@H]1NS(=O)(=O)Oc2ccccc21. The van der Waals surface area contributed by atoms with Crippen molar-refractivity contribution in [2.75, 3.05) is 0 Å². The number of alkyl halides is 1. The maximum absolute atomic E-state index is 12.5. The van der Waals surface area contributed by atoms with Gasteiger partial charge in [-0.3, -0.25) is 4.79 Å². The highest BCUT2D eigenvalue weighted by Gasteiger charge is 2.37. The minimum Gasteiger partial charge on any atom is -0.371 e. The van der Waals surface area contributed by atoms with Gasteiger partial charge in [0.2, 0.25) is 0 Å². The molecule has 1 N–H and O–H groups in total. The van der Waals surface area contributed by atoms with Crippen LogP contribution in [0.25, 0.3) is 0 Å². The normalized spacial score (nSPS) is 20.5. The Morgan fingerprint density at radius 1 is 1.09 bits per heavy atom. The topological polar surface area (TPSA) is 72.5 Å². The van der Waals surface area contributed by atoms with Gasteiger partial charge >= 0.3 is 10.3 Å². The zero-order valence-electron chi connectivity index (χ0n) is 11.3. The number of hydrogen-bond donors (Lipinski definition) is 1. The van der Waals surface area contributed by atoms with Gasteiger partial charge in [-0.25, -0.2) is 0 Å². The van der Waals surface area contributed by atoms with Gasteiger partial charge in [0.1, 0.15) is 5.75 Å². The van der Waals surface area contributed by atoms with E-state index in [-0.39, 0.29) is 11.5 Å². The first kappa shape index (κ1) is 15.2. The van der Waals surface area contributed by atoms with E-state index < -0.39 is 21.2 Å². The maximum Gasteiger partial charge on any atom is 0.383 e. The second kappa shape index (κ2) is 5.83. The maximum atomic E-state index is 12.5. The second-order valence-electron chi connectivity index (χ2n) is 4.80. The lowest BCUT2D eigenvalue weighted by molar-refractivity contribution is 0.0981. The van der Waals surface area contributed by atoms with Crippen molar-refractivity contribution < 1.29 is 17.4 Å². The molecule has 0 bridgehead atoms. The molecule has 2 aromatic rings. The predicted octanol–water partition coefficient (Wildman–Crippen LogP) is 2.60. The van der Waals surface area contributed by atoms with Crippen LogP contribution in [-0.4, -0.2) is 19.0 Å². The standard InChI is InChI=1S/C15H12BrNO4S/c16-13(15(18)10-6-2-1-3-7-10)14-11-8-4-5-9-12(11)21-22(19,20)17-14/h1-9,13-14,17H/t13-,14+/m0/s1. The summed E-state index contributed by atoms with van der Waals surface area (Å²) < 4.78 is 30.9. The molecule has 7 heteroatoms. The highest BCUT2D eigenvalue weighted by atomic mass is 79.9. The highest BCUT2D eigenvalue weighted by Crippen LogP contribution is 2.36. The Balaban J connectivity index is 1.99. The van der Waals surface area contributed by atoms with Crippen molar-refractivity contribution in [3.8, 4) is 5.75 Å². The van der Waals surface area contributed by atoms with E-state index in [1.807, 2.05) is 6.07 Å². The van der Waals surface area contributed by atoms with Crippen LogP contribution in [0.1, 0.15) is 22.0 Å². The van der Waals surface area contributed by atoms with Crippen molar-refractivity contribution >= 4 is 32.0 Å². The smallest absolute Gasteiger partial charge is 0.371 e. The summed E-state index contributed by atoms with van der Waals surface area (Å²) in [7, 11) is -3.94. The molecule has 22 heavy (non-hydrogen) atoms. The van der Waals surface area contributed by atoms with Crippen molar-refractivity contribution in [1.29, 1.82) is 0 Å². The van der Waals surface area contributed by atoms with Gasteiger partial charge in [-0.1, -0.05) is 64.5 Å². The molecule has 0 saturated heterocycles. The van der Waals surface area contributed by atoms with Gasteiger partial charge in [-0.15, -0.1) is 0 Å².